The fourth-order valence-electron chi connectivity index (χ4n) is 6.83. The molecule has 1 aliphatic heterocycles. The number of likely N-dealkylation sites (tertiary alicyclic amines) is 1. The van der Waals surface area contributed by atoms with Crippen molar-refractivity contribution >= 4 is 17.9 Å². The highest BCUT2D eigenvalue weighted by atomic mass is 16.5. The molecule has 0 bridgehead atoms. The molecule has 1 saturated heterocycles. The molecular weight excluding hydrogens is 544 g/mol. The molecule has 0 spiro atoms. The number of aliphatic hydroxyl groups is 2. The highest BCUT2D eigenvalue weighted by Crippen LogP contribution is 2.51. The van der Waals surface area contributed by atoms with Crippen LogP contribution >= 0.6 is 0 Å². The molecule has 5 rings (SSSR count). The second-order valence-electron chi connectivity index (χ2n) is 11.8. The van der Waals surface area contributed by atoms with Gasteiger partial charge in [-0.2, -0.15) is 0 Å². The smallest absolute Gasteiger partial charge is 0.336 e. The molecule has 3 atom stereocenters. The average Bonchev–Trinajstić information content (AvgIpc) is 3.47. The van der Waals surface area contributed by atoms with Crippen molar-refractivity contribution in [2.24, 2.45) is 11.8 Å². The van der Waals surface area contributed by atoms with Crippen LogP contribution in [0.5, 0.6) is 5.75 Å². The van der Waals surface area contributed by atoms with Gasteiger partial charge >= 0.3 is 17.9 Å². The van der Waals surface area contributed by atoms with E-state index in [4.69, 9.17) is 25.2 Å². The van der Waals surface area contributed by atoms with Gasteiger partial charge in [0.05, 0.1) is 25.6 Å². The normalized spacial score (nSPS) is 23.3. The number of carboxylic acid groups (broad SMARTS) is 3. The van der Waals surface area contributed by atoms with E-state index in [1.807, 2.05) is 12.3 Å². The molecule has 1 aromatic carbocycles. The number of hydrogen-bond acceptors (Lipinski definition) is 8. The fourth-order valence-corrected chi connectivity index (χ4v) is 6.83. The number of hydrogen-bond donors (Lipinski definition) is 5. The van der Waals surface area contributed by atoms with Crippen LogP contribution < -0.4 is 4.74 Å². The Hall–Kier alpha value is -3.54. The van der Waals surface area contributed by atoms with Crippen LogP contribution in [0.2, 0.25) is 0 Å². The molecule has 2 heterocycles. The van der Waals surface area contributed by atoms with Gasteiger partial charge in [0.2, 0.25) is 0 Å². The Morgan fingerprint density at radius 2 is 1.71 bits per heavy atom. The highest BCUT2D eigenvalue weighted by Gasteiger charge is 2.53. The lowest BCUT2D eigenvalue weighted by molar-refractivity contribution is -0.170. The van der Waals surface area contributed by atoms with Crippen LogP contribution in [0.15, 0.2) is 30.5 Å². The summed E-state index contributed by atoms with van der Waals surface area (Å²) in [6.07, 6.45) is 6.39. The Labute approximate surface area is 244 Å². The first-order chi connectivity index (χ1) is 19.9. The molecule has 1 aromatic heterocycles. The Morgan fingerprint density at radius 1 is 1.07 bits per heavy atom. The van der Waals surface area contributed by atoms with Crippen molar-refractivity contribution in [1.82, 2.24) is 9.88 Å². The maximum atomic E-state index is 11.6. The van der Waals surface area contributed by atoms with E-state index in [9.17, 15) is 19.5 Å². The highest BCUT2D eigenvalue weighted by molar-refractivity contribution is 5.88. The second-order valence-corrected chi connectivity index (χ2v) is 11.8. The third-order valence-electron chi connectivity index (χ3n) is 8.87. The van der Waals surface area contributed by atoms with E-state index in [2.05, 4.69) is 35.0 Å². The molecule has 11 nitrogen and oxygen atoms in total. The molecule has 3 aliphatic rings. The molecule has 1 saturated carbocycles. The molecule has 5 N–H and O–H groups in total. The number of benzene rings is 1. The van der Waals surface area contributed by atoms with Gasteiger partial charge in [-0.25, -0.2) is 4.79 Å². The number of aryl methyl sites for hydroxylation is 3. The Balaban J connectivity index is 0.000000266. The number of aliphatic carboxylic acids is 3. The molecule has 0 radical (unpaired) electrons. The minimum Gasteiger partial charge on any atom is -0.496 e. The Bertz CT molecular complexity index is 1310. The van der Waals surface area contributed by atoms with Crippen LogP contribution in [0.4, 0.5) is 0 Å². The van der Waals surface area contributed by atoms with E-state index < -0.39 is 42.0 Å². The summed E-state index contributed by atoms with van der Waals surface area (Å²) in [5, 5.41) is 45.5. The van der Waals surface area contributed by atoms with Gasteiger partial charge in [-0.05, 0) is 80.2 Å². The number of aromatic nitrogens is 1. The number of nitrogens with zero attached hydrogens (tertiary/aromatic N) is 2. The molecule has 42 heavy (non-hydrogen) atoms. The van der Waals surface area contributed by atoms with Crippen molar-refractivity contribution in [1.29, 1.82) is 0 Å². The summed E-state index contributed by atoms with van der Waals surface area (Å²) in [4.78, 5) is 37.6. The zero-order valence-corrected chi connectivity index (χ0v) is 24.1. The summed E-state index contributed by atoms with van der Waals surface area (Å²) in [6.45, 7) is 4.95. The van der Waals surface area contributed by atoms with Crippen LogP contribution in [-0.4, -0.2) is 79.1 Å². The van der Waals surface area contributed by atoms with Gasteiger partial charge < -0.3 is 30.3 Å². The lowest BCUT2D eigenvalue weighted by Gasteiger charge is -2.31. The number of fused-ring (bicyclic) bond motifs is 2. The zero-order chi connectivity index (χ0) is 30.7. The monoisotopic (exact) mass is 584 g/mol. The third kappa shape index (κ3) is 6.74. The van der Waals surface area contributed by atoms with Gasteiger partial charge in [-0.15, -0.1) is 0 Å². The van der Waals surface area contributed by atoms with Gasteiger partial charge in [0.15, 0.2) is 5.60 Å². The standard InChI is InChI=1S/C25H32N2O2.C6H8O7/c1-17-6-5-11-26-24(17)25(28)10-9-20-14-27(16-22(20)25)15-21-12-18-7-3-4-8-19(18)13-23(21)29-2;7-3(8)1-6(13,5(11)12)2-4(9)10/h5-6,11-13,20,22,28H,3-4,7-10,14-16H2,1-2H3;13H,1-2H2,(H,7,8)(H,9,10)(H,11,12)/t20-,22+,25-;/m0./s1. The molecule has 2 aliphatic carbocycles. The van der Waals surface area contributed by atoms with Crippen molar-refractivity contribution in [3.8, 4) is 5.75 Å². The first-order valence-electron chi connectivity index (χ1n) is 14.3. The van der Waals surface area contributed by atoms with Crippen molar-refractivity contribution < 1.29 is 44.7 Å². The van der Waals surface area contributed by atoms with E-state index in [0.717, 1.165) is 49.5 Å². The van der Waals surface area contributed by atoms with E-state index in [1.165, 1.54) is 42.4 Å². The van der Waals surface area contributed by atoms with Crippen molar-refractivity contribution in [3.63, 3.8) is 0 Å². The van der Waals surface area contributed by atoms with Crippen molar-refractivity contribution in [3.05, 3.63) is 58.4 Å². The average molecular weight is 585 g/mol. The van der Waals surface area contributed by atoms with E-state index in [0.29, 0.717) is 5.92 Å². The Kier molecular flexibility index (Phi) is 9.54. The van der Waals surface area contributed by atoms with Crippen LogP contribution in [0.25, 0.3) is 0 Å². The molecule has 0 amide bonds. The van der Waals surface area contributed by atoms with Gasteiger partial charge in [-0.1, -0.05) is 12.1 Å². The van der Waals surface area contributed by atoms with Crippen LogP contribution in [0.1, 0.15) is 66.5 Å². The number of pyridine rings is 1. The predicted octanol–water partition coefficient (Wildman–Crippen LogP) is 2.76. The predicted molar refractivity (Wildman–Crippen MR) is 151 cm³/mol. The zero-order valence-electron chi connectivity index (χ0n) is 24.1. The van der Waals surface area contributed by atoms with Crippen molar-refractivity contribution in [2.75, 3.05) is 20.2 Å². The number of rotatable bonds is 9. The topological polar surface area (TPSA) is 178 Å². The van der Waals surface area contributed by atoms with Crippen molar-refractivity contribution in [2.45, 2.75) is 76.0 Å². The second kappa shape index (κ2) is 12.8. The van der Waals surface area contributed by atoms with Gasteiger partial charge in [0.25, 0.3) is 0 Å². The summed E-state index contributed by atoms with van der Waals surface area (Å²) < 4.78 is 5.76. The number of methoxy groups -OCH3 is 1. The number of carbonyl (C=O) groups is 3. The summed E-state index contributed by atoms with van der Waals surface area (Å²) in [7, 11) is 1.79. The molecule has 2 fully saturated rings. The molecular formula is C31H40N2O9. The van der Waals surface area contributed by atoms with Gasteiger partial charge in [0, 0.05) is 37.3 Å². The van der Waals surface area contributed by atoms with Crippen LogP contribution in [0.3, 0.4) is 0 Å². The lowest BCUT2D eigenvalue weighted by atomic mass is 9.83. The molecule has 2 aromatic rings. The van der Waals surface area contributed by atoms with E-state index in [1.54, 1.807) is 7.11 Å². The summed E-state index contributed by atoms with van der Waals surface area (Å²) in [5.41, 5.74) is 2.74. The summed E-state index contributed by atoms with van der Waals surface area (Å²) in [6, 6.07) is 8.68. The van der Waals surface area contributed by atoms with E-state index in [-0.39, 0.29) is 5.92 Å². The molecule has 228 valence electrons. The lowest BCUT2D eigenvalue weighted by Crippen LogP contribution is -2.42. The first-order valence-corrected chi connectivity index (χ1v) is 14.3. The van der Waals surface area contributed by atoms with Gasteiger partial charge in [0.1, 0.15) is 11.4 Å². The molecule has 0 unspecified atom stereocenters. The summed E-state index contributed by atoms with van der Waals surface area (Å²) >= 11 is 0. The largest absolute Gasteiger partial charge is 0.496 e. The first kappa shape index (κ1) is 31.4. The summed E-state index contributed by atoms with van der Waals surface area (Å²) in [5.74, 6) is -3.18. The maximum Gasteiger partial charge on any atom is 0.336 e. The minimum absolute atomic E-state index is 0.264. The minimum atomic E-state index is -2.74. The third-order valence-corrected chi connectivity index (χ3v) is 8.87. The van der Waals surface area contributed by atoms with E-state index >= 15 is 0 Å². The SMILES string of the molecule is COc1cc2c(cc1CN1C[C@@H]3CC[C@@](O)(c4ncccc4C)[C@@H]3C1)CCCC2.O=C(O)CC(O)(CC(=O)O)C(=O)O. The van der Waals surface area contributed by atoms with Crippen LogP contribution in [0, 0.1) is 18.8 Å². The number of carboxylic acids is 3. The Morgan fingerprint density at radius 3 is 2.29 bits per heavy atom. The number of ether oxygens (including phenoxy) is 1. The quantitative estimate of drug-likeness (QED) is 0.293. The fraction of sp³-hybridized carbons (Fsp3) is 0.548. The van der Waals surface area contributed by atoms with Crippen LogP contribution in [-0.2, 0) is 39.4 Å². The maximum absolute atomic E-state index is 11.6. The van der Waals surface area contributed by atoms with Gasteiger partial charge in [-0.3, -0.25) is 19.5 Å². The molecule has 11 heteroatoms.